The van der Waals surface area contributed by atoms with Gasteiger partial charge in [-0.25, -0.2) is 15.0 Å². The van der Waals surface area contributed by atoms with Crippen molar-refractivity contribution in [1.82, 2.24) is 19.5 Å². The van der Waals surface area contributed by atoms with E-state index in [4.69, 9.17) is 19.4 Å². The van der Waals surface area contributed by atoms with Crippen LogP contribution in [-0.4, -0.2) is 19.5 Å². The molecule has 0 radical (unpaired) electrons. The maximum absolute atomic E-state index is 14.9. The van der Waals surface area contributed by atoms with E-state index in [0.717, 1.165) is 22.9 Å². The third kappa shape index (κ3) is 8.83. The number of nitrogens with zero attached hydrogens (tertiary/aromatic N) is 4. The fraction of sp³-hybridized carbons (Fsp3) is 0.0656. The second-order valence-corrected chi connectivity index (χ2v) is 18.4. The molecule has 12 aromatic rings. The predicted octanol–water partition coefficient (Wildman–Crippen LogP) is 18.9. The van der Waals surface area contributed by atoms with Crippen molar-refractivity contribution < 1.29 is 57.1 Å². The normalized spacial score (nSPS) is 12.6. The molecule has 0 aliphatic heterocycles. The molecule has 0 aliphatic carbocycles. The van der Waals surface area contributed by atoms with Crippen LogP contribution in [0.3, 0.4) is 0 Å². The molecule has 3 heterocycles. The van der Waals surface area contributed by atoms with Gasteiger partial charge < -0.3 is 8.98 Å². The second kappa shape index (κ2) is 18.2. The first-order chi connectivity index (χ1) is 37.2. The highest BCUT2D eigenvalue weighted by atomic mass is 19.4. The fourth-order valence-corrected chi connectivity index (χ4v) is 10.0. The highest BCUT2D eigenvalue weighted by Crippen LogP contribution is 2.47. The summed E-state index contributed by atoms with van der Waals surface area (Å²) in [6.45, 7) is 0. The molecule has 17 heteroatoms. The number of benzene rings is 9. The lowest BCUT2D eigenvalue weighted by molar-refractivity contribution is -0.144. The number of para-hydroxylation sites is 2. The van der Waals surface area contributed by atoms with Gasteiger partial charge in [0.1, 0.15) is 11.2 Å². The van der Waals surface area contributed by atoms with E-state index in [1.807, 2.05) is 42.5 Å². The molecule has 0 unspecified atom stereocenters. The Morgan fingerprint density at radius 2 is 0.782 bits per heavy atom. The van der Waals surface area contributed by atoms with Crippen LogP contribution >= 0.6 is 0 Å². The topological polar surface area (TPSA) is 56.7 Å². The molecular formula is C61H32F12N4O. The van der Waals surface area contributed by atoms with E-state index in [1.165, 1.54) is 36.4 Å². The largest absolute Gasteiger partial charge is 0.455 e. The highest BCUT2D eigenvalue weighted by molar-refractivity contribution is 6.13. The smallest absolute Gasteiger partial charge is 0.417 e. The number of rotatable bonds is 7. The first-order valence-corrected chi connectivity index (χ1v) is 23.8. The molecule has 5 nitrogen and oxygen atoms in total. The number of hydrogen-bond acceptors (Lipinski definition) is 4. The molecule has 3 aromatic heterocycles. The molecule has 9 aromatic carbocycles. The number of fused-ring (bicyclic) bond motifs is 6. The maximum atomic E-state index is 14.9. The van der Waals surface area contributed by atoms with Crippen LogP contribution in [0, 0.1) is 0 Å². The zero-order valence-corrected chi connectivity index (χ0v) is 39.7. The molecule has 0 amide bonds. The summed E-state index contributed by atoms with van der Waals surface area (Å²) in [4.78, 5) is 14.9. The van der Waals surface area contributed by atoms with Crippen LogP contribution in [-0.2, 0) is 24.7 Å². The fourth-order valence-electron chi connectivity index (χ4n) is 10.0. The summed E-state index contributed by atoms with van der Waals surface area (Å²) < 4.78 is 181. The summed E-state index contributed by atoms with van der Waals surface area (Å²) >= 11 is 0. The van der Waals surface area contributed by atoms with Gasteiger partial charge in [0.05, 0.1) is 39.0 Å². The first-order valence-electron chi connectivity index (χ1n) is 23.8. The van der Waals surface area contributed by atoms with Gasteiger partial charge in [-0.2, -0.15) is 52.7 Å². The minimum atomic E-state index is -5.28. The van der Waals surface area contributed by atoms with E-state index >= 15 is 0 Å². The van der Waals surface area contributed by atoms with E-state index in [0.29, 0.717) is 56.3 Å². The zero-order chi connectivity index (χ0) is 54.5. The summed E-state index contributed by atoms with van der Waals surface area (Å²) in [6.07, 6.45) is -20.8. The third-order valence-electron chi connectivity index (χ3n) is 13.6. The summed E-state index contributed by atoms with van der Waals surface area (Å²) in [6, 6.07) is 46.8. The first kappa shape index (κ1) is 49.6. The van der Waals surface area contributed by atoms with E-state index in [1.54, 1.807) is 83.4 Å². The third-order valence-corrected chi connectivity index (χ3v) is 13.6. The quantitative estimate of drug-likeness (QED) is 0.149. The number of alkyl halides is 12. The van der Waals surface area contributed by atoms with E-state index in [-0.39, 0.29) is 63.0 Å². The summed E-state index contributed by atoms with van der Waals surface area (Å²) in [7, 11) is 0. The van der Waals surface area contributed by atoms with Crippen LogP contribution in [0.1, 0.15) is 22.3 Å². The predicted molar refractivity (Wildman–Crippen MR) is 274 cm³/mol. The SMILES string of the molecule is FC(F)(F)c1ccc(-c2ccc3c4ccc(-c5ccc(C(F)(F)F)cc5C(F)(F)F)cc4n(-c4ccc(-c5cccc6c5oc5ccccc56)cc4-c4nc(-c5ccccc5)nc(-c5ccccc5)n4)c3c2)c(C(F)(F)F)c1. The molecule has 78 heavy (non-hydrogen) atoms. The van der Waals surface area contributed by atoms with Crippen molar-refractivity contribution in [2.75, 3.05) is 0 Å². The lowest BCUT2D eigenvalue weighted by Gasteiger charge is -2.18. The van der Waals surface area contributed by atoms with Crippen LogP contribution in [0.4, 0.5) is 52.7 Å². The molecular weight excluding hydrogens is 1030 g/mol. The molecule has 0 saturated heterocycles. The van der Waals surface area contributed by atoms with Crippen LogP contribution in [0.25, 0.3) is 117 Å². The van der Waals surface area contributed by atoms with Crippen molar-refractivity contribution in [3.63, 3.8) is 0 Å². The molecule has 386 valence electrons. The van der Waals surface area contributed by atoms with Crippen LogP contribution in [0.2, 0.25) is 0 Å². The van der Waals surface area contributed by atoms with Gasteiger partial charge in [0.15, 0.2) is 17.5 Å². The van der Waals surface area contributed by atoms with Crippen LogP contribution in [0.5, 0.6) is 0 Å². The van der Waals surface area contributed by atoms with Crippen molar-refractivity contribution in [1.29, 1.82) is 0 Å². The highest BCUT2D eigenvalue weighted by Gasteiger charge is 2.40. The van der Waals surface area contributed by atoms with Gasteiger partial charge in [-0.1, -0.05) is 140 Å². The Labute approximate surface area is 433 Å². The van der Waals surface area contributed by atoms with E-state index in [9.17, 15) is 52.7 Å². The average molecular weight is 1060 g/mol. The molecule has 0 aliphatic rings. The minimum Gasteiger partial charge on any atom is -0.455 e. The van der Waals surface area contributed by atoms with Gasteiger partial charge in [-0.3, -0.25) is 0 Å². The molecule has 0 bridgehead atoms. The van der Waals surface area contributed by atoms with E-state index < -0.39 is 58.1 Å². The molecule has 0 atom stereocenters. The Kier molecular flexibility index (Phi) is 11.6. The summed E-state index contributed by atoms with van der Waals surface area (Å²) in [5.41, 5.74) is -3.62. The Morgan fingerprint density at radius 3 is 1.29 bits per heavy atom. The van der Waals surface area contributed by atoms with Crippen molar-refractivity contribution in [2.24, 2.45) is 0 Å². The standard InChI is InChI=1S/C61H32F12N4O/c62-58(63,64)38-21-25-40(48(31-38)60(68,69)70)36-18-23-43-44-24-19-37(41-26-22-39(59(65,66)67)32-49(41)61(71,72)73)30-52(44)77(51(43)29-36)50-27-20-35(42-15-9-16-46-45-14-7-8-17-53(45)78-54(42)46)28-47(50)57-75-55(33-10-3-1-4-11-33)74-56(76-57)34-12-5-2-6-13-34/h1-32H. The lowest BCUT2D eigenvalue weighted by atomic mass is 9.95. The lowest BCUT2D eigenvalue weighted by Crippen LogP contribution is -2.12. The summed E-state index contributed by atoms with van der Waals surface area (Å²) in [5.74, 6) is 0.514. The van der Waals surface area contributed by atoms with Crippen molar-refractivity contribution in [3.8, 4) is 73.2 Å². The Balaban J connectivity index is 1.20. The number of hydrogen-bond donors (Lipinski definition) is 0. The minimum absolute atomic E-state index is 0.0262. The summed E-state index contributed by atoms with van der Waals surface area (Å²) in [5, 5.41) is 2.29. The van der Waals surface area contributed by atoms with Gasteiger partial charge in [-0.15, -0.1) is 0 Å². The number of aromatic nitrogens is 4. The molecule has 12 rings (SSSR count). The second-order valence-electron chi connectivity index (χ2n) is 18.4. The monoisotopic (exact) mass is 1060 g/mol. The molecule has 0 fully saturated rings. The van der Waals surface area contributed by atoms with Gasteiger partial charge in [0, 0.05) is 43.8 Å². The van der Waals surface area contributed by atoms with Crippen molar-refractivity contribution in [3.05, 3.63) is 216 Å². The van der Waals surface area contributed by atoms with Crippen LogP contribution in [0.15, 0.2) is 199 Å². The Morgan fingerprint density at radius 1 is 0.321 bits per heavy atom. The number of halogens is 12. The van der Waals surface area contributed by atoms with Crippen LogP contribution < -0.4 is 0 Å². The van der Waals surface area contributed by atoms with Crippen molar-refractivity contribution >= 4 is 43.7 Å². The van der Waals surface area contributed by atoms with Gasteiger partial charge in [0.2, 0.25) is 0 Å². The van der Waals surface area contributed by atoms with E-state index in [2.05, 4.69) is 0 Å². The van der Waals surface area contributed by atoms with Gasteiger partial charge in [0.25, 0.3) is 0 Å². The molecule has 0 N–H and O–H groups in total. The molecule has 0 spiro atoms. The van der Waals surface area contributed by atoms with Gasteiger partial charge in [-0.05, 0) is 82.4 Å². The zero-order valence-electron chi connectivity index (χ0n) is 39.7. The molecule has 0 saturated carbocycles. The maximum Gasteiger partial charge on any atom is 0.417 e. The Hall–Kier alpha value is -9.25. The number of furan rings is 1. The Bertz CT molecular complexity index is 4140. The van der Waals surface area contributed by atoms with Crippen molar-refractivity contribution in [2.45, 2.75) is 24.7 Å². The van der Waals surface area contributed by atoms with Gasteiger partial charge >= 0.3 is 24.7 Å². The average Bonchev–Trinajstić information content (AvgIpc) is 4.19.